The maximum Gasteiger partial charge on any atom is 0.227 e. The highest BCUT2D eigenvalue weighted by Crippen LogP contribution is 2.30. The number of pyridine rings is 3. The van der Waals surface area contributed by atoms with Crippen molar-refractivity contribution < 1.29 is 4.79 Å². The summed E-state index contributed by atoms with van der Waals surface area (Å²) in [5.41, 5.74) is 5.22. The molecule has 5 aromatic heterocycles. The molecule has 158 valence electrons. The van der Waals surface area contributed by atoms with Gasteiger partial charge in [-0.15, -0.1) is 0 Å². The molecule has 5 aromatic rings. The van der Waals surface area contributed by atoms with Crippen LogP contribution in [0.15, 0.2) is 49.1 Å². The van der Waals surface area contributed by atoms with Crippen LogP contribution in [0.4, 0.5) is 5.69 Å². The Bertz CT molecular complexity index is 1410. The van der Waals surface area contributed by atoms with Gasteiger partial charge < -0.3 is 10.3 Å². The Labute approximate surface area is 182 Å². The number of nitrogens with zero attached hydrogens (tertiary/aromatic N) is 5. The molecule has 1 saturated carbocycles. The van der Waals surface area contributed by atoms with Gasteiger partial charge in [-0.3, -0.25) is 19.9 Å². The first-order valence-electron chi connectivity index (χ1n) is 10.7. The number of imidazole rings is 1. The fourth-order valence-electron chi connectivity index (χ4n) is 4.29. The lowest BCUT2D eigenvalue weighted by Crippen LogP contribution is -2.20. The van der Waals surface area contributed by atoms with Crippen LogP contribution >= 0.6 is 0 Å². The van der Waals surface area contributed by atoms with Gasteiger partial charge in [0, 0.05) is 29.3 Å². The number of hydrogen-bond donors (Lipinski definition) is 3. The Hall–Kier alpha value is -4.14. The third kappa shape index (κ3) is 3.27. The average Bonchev–Trinajstić information content (AvgIpc) is 3.58. The van der Waals surface area contributed by atoms with E-state index in [9.17, 15) is 4.79 Å². The molecule has 0 atom stereocenters. The number of aromatic amines is 2. The molecule has 0 saturated heterocycles. The van der Waals surface area contributed by atoms with Crippen molar-refractivity contribution in [3.8, 4) is 22.8 Å². The Morgan fingerprint density at radius 2 is 1.97 bits per heavy atom. The van der Waals surface area contributed by atoms with E-state index in [0.717, 1.165) is 53.4 Å². The van der Waals surface area contributed by atoms with E-state index in [0.29, 0.717) is 22.9 Å². The summed E-state index contributed by atoms with van der Waals surface area (Å²) in [6, 6.07) is 7.64. The summed E-state index contributed by atoms with van der Waals surface area (Å²) in [4.78, 5) is 33.5. The molecular formula is C23H20N8O. The van der Waals surface area contributed by atoms with Crippen LogP contribution < -0.4 is 5.32 Å². The largest absolute Gasteiger partial charge is 0.335 e. The van der Waals surface area contributed by atoms with Gasteiger partial charge in [0.1, 0.15) is 5.69 Å². The molecule has 9 nitrogen and oxygen atoms in total. The molecule has 1 aliphatic carbocycles. The SMILES string of the molecule is O=C(Nc1cncc(-c2cc3c(-c4nc5ncccc5[nH]4)n[nH]c3cn2)c1)C1CCCC1. The quantitative estimate of drug-likeness (QED) is 0.399. The highest BCUT2D eigenvalue weighted by molar-refractivity contribution is 5.95. The average molecular weight is 424 g/mol. The molecule has 5 heterocycles. The van der Waals surface area contributed by atoms with E-state index in [1.165, 1.54) is 0 Å². The van der Waals surface area contributed by atoms with Gasteiger partial charge in [0.05, 0.1) is 34.8 Å². The lowest BCUT2D eigenvalue weighted by atomic mass is 10.1. The van der Waals surface area contributed by atoms with E-state index in [-0.39, 0.29) is 11.8 Å². The van der Waals surface area contributed by atoms with Gasteiger partial charge in [0.15, 0.2) is 11.5 Å². The zero-order valence-electron chi connectivity index (χ0n) is 17.2. The predicted octanol–water partition coefficient (Wildman–Crippen LogP) is 4.09. The highest BCUT2D eigenvalue weighted by atomic mass is 16.1. The Morgan fingerprint density at radius 3 is 2.84 bits per heavy atom. The second-order valence-corrected chi connectivity index (χ2v) is 8.08. The fraction of sp³-hybridized carbons (Fsp3) is 0.217. The molecular weight excluding hydrogens is 404 g/mol. The van der Waals surface area contributed by atoms with E-state index < -0.39 is 0 Å². The van der Waals surface area contributed by atoms with Crippen molar-refractivity contribution in [3.63, 3.8) is 0 Å². The van der Waals surface area contributed by atoms with Crippen LogP contribution in [0.1, 0.15) is 25.7 Å². The topological polar surface area (TPSA) is 125 Å². The van der Waals surface area contributed by atoms with Gasteiger partial charge in [-0.05, 0) is 37.1 Å². The maximum absolute atomic E-state index is 12.5. The van der Waals surface area contributed by atoms with Gasteiger partial charge in [0.25, 0.3) is 0 Å². The summed E-state index contributed by atoms with van der Waals surface area (Å²) in [6.45, 7) is 0. The zero-order chi connectivity index (χ0) is 21.5. The molecule has 1 aliphatic rings. The summed E-state index contributed by atoms with van der Waals surface area (Å²) in [6.07, 6.45) is 11.0. The summed E-state index contributed by atoms with van der Waals surface area (Å²) < 4.78 is 0. The number of carbonyl (C=O) groups excluding carboxylic acids is 1. The number of anilines is 1. The van der Waals surface area contributed by atoms with Gasteiger partial charge in [-0.1, -0.05) is 12.8 Å². The fourth-order valence-corrected chi connectivity index (χ4v) is 4.29. The van der Waals surface area contributed by atoms with Crippen molar-refractivity contribution in [3.05, 3.63) is 49.1 Å². The number of fused-ring (bicyclic) bond motifs is 2. The standard InChI is InChI=1S/C23H20N8O/c32-23(13-4-1-2-5-13)27-15-8-14(10-24-11-15)18-9-16-19(12-26-18)30-31-20(16)22-28-17-6-3-7-25-21(17)29-22/h3,6-13H,1-2,4-5H2,(H,27,32)(H,30,31)(H,25,28,29). The summed E-state index contributed by atoms with van der Waals surface area (Å²) >= 11 is 0. The van der Waals surface area contributed by atoms with E-state index in [4.69, 9.17) is 0 Å². The monoisotopic (exact) mass is 424 g/mol. The predicted molar refractivity (Wildman–Crippen MR) is 121 cm³/mol. The molecule has 0 aromatic carbocycles. The molecule has 0 unspecified atom stereocenters. The van der Waals surface area contributed by atoms with Crippen molar-refractivity contribution in [2.75, 3.05) is 5.32 Å². The second kappa shape index (κ2) is 7.52. The van der Waals surface area contributed by atoms with Crippen molar-refractivity contribution in [1.29, 1.82) is 0 Å². The normalized spacial score (nSPS) is 14.4. The Morgan fingerprint density at radius 1 is 1.06 bits per heavy atom. The van der Waals surface area contributed by atoms with Crippen molar-refractivity contribution in [1.82, 2.24) is 35.1 Å². The summed E-state index contributed by atoms with van der Waals surface area (Å²) in [5.74, 6) is 0.804. The first kappa shape index (κ1) is 18.6. The Balaban J connectivity index is 1.35. The molecule has 0 spiro atoms. The molecule has 9 heteroatoms. The van der Waals surface area contributed by atoms with Crippen LogP contribution in [-0.4, -0.2) is 41.0 Å². The minimum Gasteiger partial charge on any atom is -0.335 e. The van der Waals surface area contributed by atoms with Gasteiger partial charge in [0.2, 0.25) is 5.91 Å². The molecule has 32 heavy (non-hydrogen) atoms. The minimum atomic E-state index is 0.0699. The number of H-pyrrole nitrogens is 2. The summed E-state index contributed by atoms with van der Waals surface area (Å²) in [5, 5.41) is 11.3. The van der Waals surface area contributed by atoms with Crippen molar-refractivity contribution in [2.45, 2.75) is 25.7 Å². The highest BCUT2D eigenvalue weighted by Gasteiger charge is 2.23. The third-order valence-corrected chi connectivity index (χ3v) is 5.96. The van der Waals surface area contributed by atoms with Gasteiger partial charge >= 0.3 is 0 Å². The van der Waals surface area contributed by atoms with Crippen LogP contribution in [0.3, 0.4) is 0 Å². The molecule has 0 aliphatic heterocycles. The second-order valence-electron chi connectivity index (χ2n) is 8.08. The number of amides is 1. The first-order chi connectivity index (χ1) is 15.7. The van der Waals surface area contributed by atoms with Crippen LogP contribution in [-0.2, 0) is 4.79 Å². The smallest absolute Gasteiger partial charge is 0.227 e. The first-order valence-corrected chi connectivity index (χ1v) is 10.7. The number of hydrogen-bond acceptors (Lipinski definition) is 6. The van der Waals surface area contributed by atoms with Crippen LogP contribution in [0.2, 0.25) is 0 Å². The van der Waals surface area contributed by atoms with E-state index >= 15 is 0 Å². The van der Waals surface area contributed by atoms with Gasteiger partial charge in [-0.2, -0.15) is 5.10 Å². The molecule has 3 N–H and O–H groups in total. The lowest BCUT2D eigenvalue weighted by molar-refractivity contribution is -0.119. The Kier molecular flexibility index (Phi) is 4.38. The zero-order valence-corrected chi connectivity index (χ0v) is 17.2. The minimum absolute atomic E-state index is 0.0699. The van der Waals surface area contributed by atoms with E-state index in [1.807, 2.05) is 24.3 Å². The van der Waals surface area contributed by atoms with Crippen molar-refractivity contribution in [2.24, 2.45) is 5.92 Å². The van der Waals surface area contributed by atoms with Gasteiger partial charge in [-0.25, -0.2) is 9.97 Å². The lowest BCUT2D eigenvalue weighted by Gasteiger charge is -2.11. The van der Waals surface area contributed by atoms with E-state index in [1.54, 1.807) is 24.8 Å². The van der Waals surface area contributed by atoms with Crippen molar-refractivity contribution >= 4 is 33.7 Å². The number of nitrogens with one attached hydrogen (secondary N) is 3. The number of rotatable bonds is 4. The summed E-state index contributed by atoms with van der Waals surface area (Å²) in [7, 11) is 0. The van der Waals surface area contributed by atoms with E-state index in [2.05, 4.69) is 40.4 Å². The molecule has 0 bridgehead atoms. The molecule has 0 radical (unpaired) electrons. The molecule has 1 amide bonds. The molecule has 1 fully saturated rings. The third-order valence-electron chi connectivity index (χ3n) is 5.96. The number of carbonyl (C=O) groups is 1. The maximum atomic E-state index is 12.5. The van der Waals surface area contributed by atoms with Crippen LogP contribution in [0.25, 0.3) is 44.8 Å². The molecule has 6 rings (SSSR count). The van der Waals surface area contributed by atoms with Crippen LogP contribution in [0.5, 0.6) is 0 Å². The number of aromatic nitrogens is 7. The van der Waals surface area contributed by atoms with Crippen LogP contribution in [0, 0.1) is 5.92 Å².